The Hall–Kier alpha value is -1.32. The molecule has 0 aliphatic heterocycles. The van der Waals surface area contributed by atoms with Crippen molar-refractivity contribution in [1.82, 2.24) is 4.98 Å². The monoisotopic (exact) mass is 377 g/mol. The van der Waals surface area contributed by atoms with Gasteiger partial charge in [0.2, 0.25) is 10.0 Å². The zero-order valence-electron chi connectivity index (χ0n) is 10.2. The fourth-order valence-electron chi connectivity index (χ4n) is 1.36. The molecule has 108 valence electrons. The van der Waals surface area contributed by atoms with Gasteiger partial charge in [0.05, 0.1) is 15.7 Å². The molecule has 0 unspecified atom stereocenters. The maximum atomic E-state index is 11.8. The van der Waals surface area contributed by atoms with E-state index in [9.17, 15) is 8.42 Å². The summed E-state index contributed by atoms with van der Waals surface area (Å²) in [6.07, 6.45) is 1.53. The molecule has 0 fully saturated rings. The van der Waals surface area contributed by atoms with Crippen LogP contribution in [0.5, 0.6) is 5.75 Å². The lowest BCUT2D eigenvalue weighted by molar-refractivity contribution is 0.343. The zero-order chi connectivity index (χ0) is 14.6. The van der Waals surface area contributed by atoms with E-state index >= 15 is 0 Å². The van der Waals surface area contributed by atoms with Gasteiger partial charge in [-0.3, -0.25) is 4.72 Å². The van der Waals surface area contributed by atoms with Gasteiger partial charge in [0.25, 0.3) is 0 Å². The lowest BCUT2D eigenvalue weighted by Crippen LogP contribution is -2.21. The Bertz CT molecular complexity index is 688. The van der Waals surface area contributed by atoms with Crippen molar-refractivity contribution >= 4 is 48.1 Å². The smallest absolute Gasteiger partial charge is 0.237 e. The van der Waals surface area contributed by atoms with E-state index in [1.54, 1.807) is 24.3 Å². The number of hydrogen-bond acceptors (Lipinski definition) is 6. The standard InChI is InChI=1S/C11H12BrN3O3S2/c12-10-7-14-11(19-10)15-20(16,17)6-5-18-9-4-2-1-3-8(9)13/h1-4,7H,5-6,13H2,(H,14,15). The third-order valence-corrected chi connectivity index (χ3v) is 4.98. The molecule has 0 aliphatic carbocycles. The second-order valence-electron chi connectivity index (χ2n) is 3.78. The molecule has 2 aromatic rings. The van der Waals surface area contributed by atoms with Crippen LogP contribution in [0.3, 0.4) is 0 Å². The second-order valence-corrected chi connectivity index (χ2v) is 8.03. The van der Waals surface area contributed by atoms with Crippen molar-refractivity contribution in [3.05, 3.63) is 34.2 Å². The quantitative estimate of drug-likeness (QED) is 0.753. The summed E-state index contributed by atoms with van der Waals surface area (Å²) in [5.41, 5.74) is 6.17. The Morgan fingerprint density at radius 1 is 1.40 bits per heavy atom. The third kappa shape index (κ3) is 4.36. The van der Waals surface area contributed by atoms with Crippen molar-refractivity contribution < 1.29 is 13.2 Å². The van der Waals surface area contributed by atoms with Crippen molar-refractivity contribution in [2.45, 2.75) is 0 Å². The molecule has 1 aromatic heterocycles. The second kappa shape index (κ2) is 6.42. The van der Waals surface area contributed by atoms with Gasteiger partial charge in [-0.1, -0.05) is 23.5 Å². The average molecular weight is 378 g/mol. The predicted octanol–water partition coefficient (Wildman–Crippen LogP) is 2.31. The summed E-state index contributed by atoms with van der Waals surface area (Å²) in [4.78, 5) is 3.90. The van der Waals surface area contributed by atoms with Crippen LogP contribution in [0.25, 0.3) is 0 Å². The highest BCUT2D eigenvalue weighted by atomic mass is 79.9. The van der Waals surface area contributed by atoms with Crippen molar-refractivity contribution in [3.8, 4) is 5.75 Å². The largest absolute Gasteiger partial charge is 0.490 e. The number of nitrogens with two attached hydrogens (primary N) is 1. The van der Waals surface area contributed by atoms with E-state index in [1.165, 1.54) is 17.5 Å². The van der Waals surface area contributed by atoms with Crippen LogP contribution in [-0.2, 0) is 10.0 Å². The summed E-state index contributed by atoms with van der Waals surface area (Å²) in [5.74, 6) is 0.290. The van der Waals surface area contributed by atoms with E-state index < -0.39 is 10.0 Å². The molecule has 0 aliphatic rings. The van der Waals surface area contributed by atoms with E-state index in [1.807, 2.05) is 0 Å². The fraction of sp³-hybridized carbons (Fsp3) is 0.182. The van der Waals surface area contributed by atoms with Gasteiger partial charge in [0.15, 0.2) is 5.13 Å². The van der Waals surface area contributed by atoms with Gasteiger partial charge in [-0.05, 0) is 28.1 Å². The maximum Gasteiger partial charge on any atom is 0.237 e. The minimum atomic E-state index is -3.49. The normalized spacial score (nSPS) is 11.2. The first-order valence-electron chi connectivity index (χ1n) is 5.55. The van der Waals surface area contributed by atoms with Crippen LogP contribution in [0, 0.1) is 0 Å². The predicted molar refractivity (Wildman–Crippen MR) is 83.6 cm³/mol. The number of ether oxygens (including phenoxy) is 1. The Labute approximate surface area is 129 Å². The molecule has 1 aromatic carbocycles. The highest BCUT2D eigenvalue weighted by Crippen LogP contribution is 2.24. The number of nitrogen functional groups attached to an aromatic ring is 1. The molecule has 0 spiro atoms. The number of nitrogens with zero attached hydrogens (tertiary/aromatic N) is 1. The molecule has 20 heavy (non-hydrogen) atoms. The molecule has 0 saturated carbocycles. The molecular formula is C11H12BrN3O3S2. The Balaban J connectivity index is 1.88. The van der Waals surface area contributed by atoms with Gasteiger partial charge < -0.3 is 10.5 Å². The van der Waals surface area contributed by atoms with Gasteiger partial charge >= 0.3 is 0 Å². The van der Waals surface area contributed by atoms with Gasteiger partial charge in [-0.2, -0.15) is 0 Å². The van der Waals surface area contributed by atoms with Crippen molar-refractivity contribution in [2.75, 3.05) is 22.8 Å². The number of sulfonamides is 1. The number of rotatable bonds is 6. The minimum Gasteiger partial charge on any atom is -0.490 e. The number of aromatic nitrogens is 1. The summed E-state index contributed by atoms with van der Waals surface area (Å²) in [6, 6.07) is 6.93. The zero-order valence-corrected chi connectivity index (χ0v) is 13.5. The van der Waals surface area contributed by atoms with Crippen LogP contribution < -0.4 is 15.2 Å². The molecule has 3 N–H and O–H groups in total. The molecule has 9 heteroatoms. The van der Waals surface area contributed by atoms with Crippen molar-refractivity contribution in [3.63, 3.8) is 0 Å². The van der Waals surface area contributed by atoms with Crippen LogP contribution in [0.1, 0.15) is 0 Å². The highest BCUT2D eigenvalue weighted by molar-refractivity contribution is 9.11. The molecule has 0 saturated heterocycles. The topological polar surface area (TPSA) is 94.3 Å². The Morgan fingerprint density at radius 3 is 2.80 bits per heavy atom. The number of para-hydroxylation sites is 2. The first-order chi connectivity index (χ1) is 9.46. The number of hydrogen-bond donors (Lipinski definition) is 2. The Morgan fingerprint density at radius 2 is 2.15 bits per heavy atom. The summed E-state index contributed by atoms with van der Waals surface area (Å²) >= 11 is 4.41. The molecule has 0 amide bonds. The summed E-state index contributed by atoms with van der Waals surface area (Å²) in [5, 5.41) is 0.316. The van der Waals surface area contributed by atoms with E-state index in [0.29, 0.717) is 16.6 Å². The number of anilines is 2. The highest BCUT2D eigenvalue weighted by Gasteiger charge is 2.13. The molecule has 6 nitrogen and oxygen atoms in total. The molecule has 0 atom stereocenters. The SMILES string of the molecule is Nc1ccccc1OCCS(=O)(=O)Nc1ncc(Br)s1. The summed E-state index contributed by atoms with van der Waals surface area (Å²) < 4.78 is 32.1. The summed E-state index contributed by atoms with van der Waals surface area (Å²) in [7, 11) is -3.49. The number of benzene rings is 1. The number of nitrogens with one attached hydrogen (secondary N) is 1. The van der Waals surface area contributed by atoms with Gasteiger partial charge in [-0.15, -0.1) is 0 Å². The molecule has 1 heterocycles. The molecular weight excluding hydrogens is 366 g/mol. The van der Waals surface area contributed by atoms with Gasteiger partial charge in [0.1, 0.15) is 18.1 Å². The van der Waals surface area contributed by atoms with Crippen LogP contribution in [0.4, 0.5) is 10.8 Å². The van der Waals surface area contributed by atoms with Crippen LogP contribution >= 0.6 is 27.3 Å². The first-order valence-corrected chi connectivity index (χ1v) is 8.81. The lowest BCUT2D eigenvalue weighted by Gasteiger charge is -2.09. The third-order valence-electron chi connectivity index (χ3n) is 2.25. The number of halogens is 1. The molecule has 2 rings (SSSR count). The van der Waals surface area contributed by atoms with E-state index in [2.05, 4.69) is 25.6 Å². The van der Waals surface area contributed by atoms with Crippen molar-refractivity contribution in [2.24, 2.45) is 0 Å². The first kappa shape index (κ1) is 15.1. The van der Waals surface area contributed by atoms with E-state index in [-0.39, 0.29) is 12.4 Å². The maximum absolute atomic E-state index is 11.8. The summed E-state index contributed by atoms with van der Waals surface area (Å²) in [6.45, 7) is 0.0100. The lowest BCUT2D eigenvalue weighted by atomic mass is 10.3. The number of thiazole rings is 1. The molecule has 0 bridgehead atoms. The molecule has 0 radical (unpaired) electrons. The van der Waals surface area contributed by atoms with Gasteiger partial charge in [-0.25, -0.2) is 13.4 Å². The van der Waals surface area contributed by atoms with Crippen LogP contribution in [-0.4, -0.2) is 25.8 Å². The van der Waals surface area contributed by atoms with Crippen LogP contribution in [0.15, 0.2) is 34.2 Å². The van der Waals surface area contributed by atoms with E-state index in [0.717, 1.165) is 3.79 Å². The van der Waals surface area contributed by atoms with Crippen LogP contribution in [0.2, 0.25) is 0 Å². The van der Waals surface area contributed by atoms with Crippen molar-refractivity contribution in [1.29, 1.82) is 0 Å². The average Bonchev–Trinajstić information content (AvgIpc) is 2.76. The van der Waals surface area contributed by atoms with Gasteiger partial charge in [0, 0.05) is 0 Å². The van der Waals surface area contributed by atoms with E-state index in [4.69, 9.17) is 10.5 Å². The minimum absolute atomic E-state index is 0.0100. The Kier molecular flexibility index (Phi) is 4.84. The fourth-order valence-corrected chi connectivity index (χ4v) is 3.59.